The van der Waals surface area contributed by atoms with Gasteiger partial charge in [0, 0.05) is 20.1 Å². The molecule has 0 aromatic carbocycles. The van der Waals surface area contributed by atoms with Gasteiger partial charge in [-0.2, -0.15) is 0 Å². The highest BCUT2D eigenvalue weighted by Crippen LogP contribution is 2.08. The molecule has 0 aliphatic heterocycles. The van der Waals surface area contributed by atoms with E-state index in [1.807, 2.05) is 20.8 Å². The third-order valence-electron chi connectivity index (χ3n) is 1.54. The molecule has 0 rings (SSSR count). The minimum Gasteiger partial charge on any atom is -0.444 e. The molecule has 5 heteroatoms. The van der Waals surface area contributed by atoms with Gasteiger partial charge in [0.25, 0.3) is 0 Å². The summed E-state index contributed by atoms with van der Waals surface area (Å²) < 4.78 is 10.3. The van der Waals surface area contributed by atoms with E-state index in [0.717, 1.165) is 0 Å². The van der Waals surface area contributed by atoms with Crippen molar-refractivity contribution in [3.05, 3.63) is 0 Å². The molecule has 90 valence electrons. The number of likely N-dealkylation sites (N-methyl/N-ethyl adjacent to an activating group) is 1. The van der Waals surface area contributed by atoms with Crippen LogP contribution in [0.5, 0.6) is 0 Å². The van der Waals surface area contributed by atoms with Gasteiger partial charge in [-0.1, -0.05) is 0 Å². The molecule has 0 spiro atoms. The molecule has 0 aliphatic rings. The number of nitrogens with zero attached hydrogens (tertiary/aromatic N) is 1. The number of hydrogen-bond donors (Lipinski definition) is 1. The van der Waals surface area contributed by atoms with E-state index in [0.29, 0.717) is 26.3 Å². The fourth-order valence-corrected chi connectivity index (χ4v) is 0.818. The Bertz CT molecular complexity index is 190. The lowest BCUT2D eigenvalue weighted by atomic mass is 10.2. The topological polar surface area (TPSA) is 64.8 Å². The summed E-state index contributed by atoms with van der Waals surface area (Å²) >= 11 is 0. The number of nitrogens with two attached hydrogens (primary N) is 1. The van der Waals surface area contributed by atoms with Gasteiger partial charge in [-0.15, -0.1) is 0 Å². The van der Waals surface area contributed by atoms with Gasteiger partial charge in [-0.25, -0.2) is 4.79 Å². The summed E-state index contributed by atoms with van der Waals surface area (Å²) in [6.45, 7) is 7.51. The third-order valence-corrected chi connectivity index (χ3v) is 1.54. The van der Waals surface area contributed by atoms with Gasteiger partial charge in [0.1, 0.15) is 5.60 Å². The number of ether oxygens (including phenoxy) is 2. The van der Waals surface area contributed by atoms with Crippen LogP contribution in [0.3, 0.4) is 0 Å². The zero-order valence-corrected chi connectivity index (χ0v) is 10.1. The highest BCUT2D eigenvalue weighted by Gasteiger charge is 2.18. The van der Waals surface area contributed by atoms with Crippen LogP contribution in [0.2, 0.25) is 0 Å². The van der Waals surface area contributed by atoms with Crippen molar-refractivity contribution in [2.75, 3.05) is 33.4 Å². The Kier molecular flexibility index (Phi) is 6.27. The zero-order chi connectivity index (χ0) is 11.9. The quantitative estimate of drug-likeness (QED) is 0.694. The maximum Gasteiger partial charge on any atom is 0.410 e. The summed E-state index contributed by atoms with van der Waals surface area (Å²) in [6.07, 6.45) is -0.334. The molecule has 1 amide bonds. The lowest BCUT2D eigenvalue weighted by Crippen LogP contribution is -2.36. The Morgan fingerprint density at radius 1 is 1.33 bits per heavy atom. The van der Waals surface area contributed by atoms with E-state index in [9.17, 15) is 4.79 Å². The van der Waals surface area contributed by atoms with E-state index < -0.39 is 5.60 Å². The summed E-state index contributed by atoms with van der Waals surface area (Å²) in [5.41, 5.74) is 4.80. The van der Waals surface area contributed by atoms with Crippen molar-refractivity contribution in [2.45, 2.75) is 26.4 Å². The minimum atomic E-state index is -0.455. The molecule has 0 heterocycles. The smallest absolute Gasteiger partial charge is 0.410 e. The first kappa shape index (κ1) is 14.2. The highest BCUT2D eigenvalue weighted by atomic mass is 16.6. The van der Waals surface area contributed by atoms with Crippen LogP contribution in [0, 0.1) is 0 Å². The Labute approximate surface area is 91.5 Å². The molecule has 0 aromatic rings. The van der Waals surface area contributed by atoms with Crippen molar-refractivity contribution < 1.29 is 14.3 Å². The predicted molar refractivity (Wildman–Crippen MR) is 58.7 cm³/mol. The lowest BCUT2D eigenvalue weighted by molar-refractivity contribution is 0.0236. The molecule has 0 atom stereocenters. The largest absolute Gasteiger partial charge is 0.444 e. The maximum absolute atomic E-state index is 11.4. The SMILES string of the molecule is CN(CCOCCN)C(=O)OC(C)(C)C. The van der Waals surface area contributed by atoms with Gasteiger partial charge in [0.05, 0.1) is 13.2 Å². The van der Waals surface area contributed by atoms with Gasteiger partial charge in [0.2, 0.25) is 0 Å². The summed E-state index contributed by atoms with van der Waals surface area (Å²) in [5, 5.41) is 0. The molecule has 0 bridgehead atoms. The van der Waals surface area contributed by atoms with Crippen molar-refractivity contribution in [3.8, 4) is 0 Å². The molecule has 0 saturated heterocycles. The van der Waals surface area contributed by atoms with E-state index in [-0.39, 0.29) is 6.09 Å². The second kappa shape index (κ2) is 6.63. The van der Waals surface area contributed by atoms with Gasteiger partial charge in [-0.05, 0) is 20.8 Å². The average molecular weight is 218 g/mol. The van der Waals surface area contributed by atoms with Gasteiger partial charge in [-0.3, -0.25) is 0 Å². The Morgan fingerprint density at radius 2 is 1.93 bits per heavy atom. The molecule has 0 aromatic heterocycles. The average Bonchev–Trinajstić information content (AvgIpc) is 2.09. The molecule has 0 unspecified atom stereocenters. The Hall–Kier alpha value is -0.810. The summed E-state index contributed by atoms with van der Waals surface area (Å²) in [7, 11) is 1.68. The number of carbonyl (C=O) groups excluding carboxylic acids is 1. The molecule has 0 aliphatic carbocycles. The van der Waals surface area contributed by atoms with Gasteiger partial charge < -0.3 is 20.1 Å². The van der Waals surface area contributed by atoms with Crippen LogP contribution in [-0.2, 0) is 9.47 Å². The fourth-order valence-electron chi connectivity index (χ4n) is 0.818. The minimum absolute atomic E-state index is 0.334. The molecule has 5 nitrogen and oxygen atoms in total. The Balaban J connectivity index is 3.70. The molecule has 15 heavy (non-hydrogen) atoms. The van der Waals surface area contributed by atoms with Crippen LogP contribution in [0.25, 0.3) is 0 Å². The maximum atomic E-state index is 11.4. The van der Waals surface area contributed by atoms with E-state index in [1.165, 1.54) is 4.90 Å². The normalized spacial score (nSPS) is 11.3. The summed E-state index contributed by atoms with van der Waals surface area (Å²) in [5.74, 6) is 0. The van der Waals surface area contributed by atoms with Gasteiger partial charge in [0.15, 0.2) is 0 Å². The number of hydrogen-bond acceptors (Lipinski definition) is 4. The predicted octanol–water partition coefficient (Wildman–Crippen LogP) is 0.829. The first-order valence-electron chi connectivity index (χ1n) is 5.09. The lowest BCUT2D eigenvalue weighted by Gasteiger charge is -2.24. The van der Waals surface area contributed by atoms with Crippen LogP contribution in [0.15, 0.2) is 0 Å². The standard InChI is InChI=1S/C10H22N2O3/c1-10(2,3)15-9(13)12(4)6-8-14-7-5-11/h5-8,11H2,1-4H3. The second-order valence-corrected chi connectivity index (χ2v) is 4.30. The van der Waals surface area contributed by atoms with Crippen molar-refractivity contribution in [3.63, 3.8) is 0 Å². The highest BCUT2D eigenvalue weighted by molar-refractivity contribution is 5.67. The van der Waals surface area contributed by atoms with Crippen LogP contribution >= 0.6 is 0 Å². The molecule has 2 N–H and O–H groups in total. The number of amides is 1. The molecule has 0 fully saturated rings. The Morgan fingerprint density at radius 3 is 2.40 bits per heavy atom. The van der Waals surface area contributed by atoms with Crippen molar-refractivity contribution in [1.82, 2.24) is 4.90 Å². The third kappa shape index (κ3) is 8.20. The van der Waals surface area contributed by atoms with E-state index in [4.69, 9.17) is 15.2 Å². The van der Waals surface area contributed by atoms with Crippen LogP contribution in [0.4, 0.5) is 4.79 Å². The number of carbonyl (C=O) groups is 1. The monoisotopic (exact) mass is 218 g/mol. The molecular weight excluding hydrogens is 196 g/mol. The van der Waals surface area contributed by atoms with E-state index in [1.54, 1.807) is 7.05 Å². The second-order valence-electron chi connectivity index (χ2n) is 4.30. The first-order chi connectivity index (χ1) is 6.87. The number of rotatable bonds is 5. The zero-order valence-electron chi connectivity index (χ0n) is 10.1. The van der Waals surface area contributed by atoms with Crippen LogP contribution < -0.4 is 5.73 Å². The van der Waals surface area contributed by atoms with Crippen molar-refractivity contribution >= 4 is 6.09 Å². The van der Waals surface area contributed by atoms with E-state index in [2.05, 4.69) is 0 Å². The summed E-state index contributed by atoms with van der Waals surface area (Å²) in [4.78, 5) is 12.9. The molecule has 0 saturated carbocycles. The van der Waals surface area contributed by atoms with Gasteiger partial charge >= 0.3 is 6.09 Å². The molecular formula is C10H22N2O3. The van der Waals surface area contributed by atoms with Crippen molar-refractivity contribution in [2.24, 2.45) is 5.73 Å². The summed E-state index contributed by atoms with van der Waals surface area (Å²) in [6, 6.07) is 0. The van der Waals surface area contributed by atoms with Crippen molar-refractivity contribution in [1.29, 1.82) is 0 Å². The van der Waals surface area contributed by atoms with Crippen LogP contribution in [0.1, 0.15) is 20.8 Å². The van der Waals surface area contributed by atoms with Crippen LogP contribution in [-0.4, -0.2) is 49.9 Å². The first-order valence-corrected chi connectivity index (χ1v) is 5.09. The molecule has 0 radical (unpaired) electrons. The van der Waals surface area contributed by atoms with E-state index >= 15 is 0 Å². The fraction of sp³-hybridized carbons (Fsp3) is 0.900.